The highest BCUT2D eigenvalue weighted by molar-refractivity contribution is 5.94. The van der Waals surface area contributed by atoms with Gasteiger partial charge in [0.05, 0.1) is 6.04 Å². The zero-order valence-electron chi connectivity index (χ0n) is 19.1. The molecule has 0 aliphatic carbocycles. The average molecular weight is 429 g/mol. The number of ketones is 1. The minimum absolute atomic E-state index is 0.0961. The average Bonchev–Trinajstić information content (AvgIpc) is 2.79. The quantitative estimate of drug-likeness (QED) is 0.543. The van der Waals surface area contributed by atoms with E-state index in [9.17, 15) is 9.90 Å². The van der Waals surface area contributed by atoms with E-state index in [-0.39, 0.29) is 11.8 Å². The van der Waals surface area contributed by atoms with Crippen LogP contribution >= 0.6 is 0 Å². The van der Waals surface area contributed by atoms with E-state index in [4.69, 9.17) is 0 Å². The third kappa shape index (κ3) is 4.93. The van der Waals surface area contributed by atoms with Crippen LogP contribution in [0.4, 0.5) is 0 Å². The van der Waals surface area contributed by atoms with E-state index in [0.29, 0.717) is 17.8 Å². The molecule has 0 spiro atoms. The van der Waals surface area contributed by atoms with Crippen molar-refractivity contribution in [2.45, 2.75) is 45.4 Å². The lowest BCUT2D eigenvalue weighted by molar-refractivity contribution is 0.0195. The molecule has 3 aromatic rings. The van der Waals surface area contributed by atoms with Gasteiger partial charge in [0, 0.05) is 37.3 Å². The molecule has 0 bridgehead atoms. The van der Waals surface area contributed by atoms with Gasteiger partial charge in [-0.3, -0.25) is 14.6 Å². The molecule has 0 aromatic heterocycles. The van der Waals surface area contributed by atoms with Crippen molar-refractivity contribution in [3.05, 3.63) is 101 Å². The number of hydrogen-bond acceptors (Lipinski definition) is 4. The van der Waals surface area contributed by atoms with Crippen molar-refractivity contribution in [2.24, 2.45) is 0 Å². The summed E-state index contributed by atoms with van der Waals surface area (Å²) in [6.45, 7) is 8.97. The summed E-state index contributed by atoms with van der Waals surface area (Å²) < 4.78 is 0. The molecule has 4 heteroatoms. The zero-order valence-corrected chi connectivity index (χ0v) is 19.1. The van der Waals surface area contributed by atoms with E-state index < -0.39 is 0 Å². The van der Waals surface area contributed by atoms with Gasteiger partial charge in [-0.2, -0.15) is 0 Å². The highest BCUT2D eigenvalue weighted by Crippen LogP contribution is 2.34. The van der Waals surface area contributed by atoms with Crippen LogP contribution in [-0.4, -0.2) is 45.9 Å². The Morgan fingerprint density at radius 3 is 2.28 bits per heavy atom. The SMILES string of the molecule is CC(=O)c1cccc([C@H](c2ccccc2)N2C[C@@H](C)N(Cc3ccc(O)cc3)C[C@@H]2C)c1. The summed E-state index contributed by atoms with van der Waals surface area (Å²) in [6, 6.07) is 27.0. The lowest BCUT2D eigenvalue weighted by atomic mass is 9.92. The maximum absolute atomic E-state index is 12.1. The fourth-order valence-corrected chi connectivity index (χ4v) is 4.78. The predicted molar refractivity (Wildman–Crippen MR) is 129 cm³/mol. The first-order valence-electron chi connectivity index (χ1n) is 11.4. The Kier molecular flexibility index (Phi) is 6.73. The number of piperazine rings is 1. The molecule has 3 atom stereocenters. The van der Waals surface area contributed by atoms with Crippen LogP contribution < -0.4 is 0 Å². The first-order valence-corrected chi connectivity index (χ1v) is 11.4. The van der Waals surface area contributed by atoms with E-state index in [1.165, 1.54) is 11.1 Å². The van der Waals surface area contributed by atoms with Gasteiger partial charge in [0.25, 0.3) is 0 Å². The topological polar surface area (TPSA) is 43.8 Å². The van der Waals surface area contributed by atoms with E-state index >= 15 is 0 Å². The van der Waals surface area contributed by atoms with Gasteiger partial charge in [-0.05, 0) is 55.7 Å². The van der Waals surface area contributed by atoms with Crippen molar-refractivity contribution in [3.8, 4) is 5.75 Å². The van der Waals surface area contributed by atoms with Gasteiger partial charge in [-0.1, -0.05) is 60.7 Å². The molecule has 0 unspecified atom stereocenters. The second-order valence-electron chi connectivity index (χ2n) is 8.99. The van der Waals surface area contributed by atoms with Gasteiger partial charge in [0.2, 0.25) is 0 Å². The normalized spacial score (nSPS) is 20.7. The standard InChI is InChI=1S/C28H32N2O2/c1-20-18-30(21(2)17-29(20)19-23-12-14-27(32)15-13-23)28(24-8-5-4-6-9-24)26-11-7-10-25(16-26)22(3)31/h4-16,20-21,28,32H,17-19H2,1-3H3/t20-,21+,28+/m1/s1. The third-order valence-corrected chi connectivity index (χ3v) is 6.54. The second-order valence-corrected chi connectivity index (χ2v) is 8.99. The molecule has 166 valence electrons. The Morgan fingerprint density at radius 1 is 0.906 bits per heavy atom. The van der Waals surface area contributed by atoms with Gasteiger partial charge in [-0.15, -0.1) is 0 Å². The molecule has 4 nitrogen and oxygen atoms in total. The van der Waals surface area contributed by atoms with Crippen molar-refractivity contribution in [1.82, 2.24) is 9.80 Å². The molecule has 4 rings (SSSR count). The van der Waals surface area contributed by atoms with Crippen LogP contribution in [0.25, 0.3) is 0 Å². The largest absolute Gasteiger partial charge is 0.508 e. The molecule has 0 saturated carbocycles. The van der Waals surface area contributed by atoms with Crippen molar-refractivity contribution in [1.29, 1.82) is 0 Å². The number of Topliss-reactive ketones (excluding diaryl/α,β-unsaturated/α-hetero) is 1. The Bertz CT molecular complexity index is 1050. The zero-order chi connectivity index (χ0) is 22.7. The number of carbonyl (C=O) groups excluding carboxylic acids is 1. The van der Waals surface area contributed by atoms with Crippen LogP contribution in [0.1, 0.15) is 53.9 Å². The summed E-state index contributed by atoms with van der Waals surface area (Å²) in [4.78, 5) is 17.1. The monoisotopic (exact) mass is 428 g/mol. The van der Waals surface area contributed by atoms with Crippen molar-refractivity contribution in [2.75, 3.05) is 13.1 Å². The number of carbonyl (C=O) groups is 1. The summed E-state index contributed by atoms with van der Waals surface area (Å²) >= 11 is 0. The molecule has 32 heavy (non-hydrogen) atoms. The maximum Gasteiger partial charge on any atom is 0.159 e. The summed E-state index contributed by atoms with van der Waals surface area (Å²) in [7, 11) is 0. The molecule has 1 N–H and O–H groups in total. The van der Waals surface area contributed by atoms with E-state index in [2.05, 4.69) is 60.0 Å². The molecule has 0 radical (unpaired) electrons. The van der Waals surface area contributed by atoms with Gasteiger partial charge in [0.15, 0.2) is 5.78 Å². The number of hydrogen-bond donors (Lipinski definition) is 1. The van der Waals surface area contributed by atoms with Crippen LogP contribution in [0.15, 0.2) is 78.9 Å². The highest BCUT2D eigenvalue weighted by atomic mass is 16.3. The van der Waals surface area contributed by atoms with Crippen molar-refractivity contribution >= 4 is 5.78 Å². The maximum atomic E-state index is 12.1. The van der Waals surface area contributed by atoms with Crippen LogP contribution in [0.5, 0.6) is 5.75 Å². The van der Waals surface area contributed by atoms with Crippen molar-refractivity contribution in [3.63, 3.8) is 0 Å². The molecule has 0 amide bonds. The summed E-state index contributed by atoms with van der Waals surface area (Å²) in [5, 5.41) is 9.58. The van der Waals surface area contributed by atoms with E-state index in [1.54, 1.807) is 19.1 Å². The van der Waals surface area contributed by atoms with Crippen LogP contribution in [-0.2, 0) is 6.54 Å². The Morgan fingerprint density at radius 2 is 1.59 bits per heavy atom. The summed E-state index contributed by atoms with van der Waals surface area (Å²) in [6.07, 6.45) is 0. The number of rotatable bonds is 6. The van der Waals surface area contributed by atoms with Crippen LogP contribution in [0.3, 0.4) is 0 Å². The number of nitrogens with zero attached hydrogens (tertiary/aromatic N) is 2. The third-order valence-electron chi connectivity index (χ3n) is 6.54. The molecule has 1 saturated heterocycles. The summed E-state index contributed by atoms with van der Waals surface area (Å²) in [5.74, 6) is 0.400. The molecule has 1 fully saturated rings. The Balaban J connectivity index is 1.61. The number of benzene rings is 3. The number of phenolic OH excluding ortho intramolecular Hbond substituents is 1. The molecular formula is C28H32N2O2. The minimum atomic E-state index is 0.0961. The fourth-order valence-electron chi connectivity index (χ4n) is 4.78. The first kappa shape index (κ1) is 22.3. The lowest BCUT2D eigenvalue weighted by Crippen LogP contribution is -2.56. The number of aromatic hydroxyl groups is 1. The van der Waals surface area contributed by atoms with Gasteiger partial charge in [-0.25, -0.2) is 0 Å². The lowest BCUT2D eigenvalue weighted by Gasteiger charge is -2.47. The molecule has 1 aliphatic rings. The first-order chi connectivity index (χ1) is 15.4. The predicted octanol–water partition coefficient (Wildman–Crippen LogP) is 5.28. The highest BCUT2D eigenvalue weighted by Gasteiger charge is 2.34. The van der Waals surface area contributed by atoms with Gasteiger partial charge < -0.3 is 5.11 Å². The molecule has 1 aliphatic heterocycles. The Labute approximate surface area is 191 Å². The number of phenols is 1. The van der Waals surface area contributed by atoms with Gasteiger partial charge >= 0.3 is 0 Å². The second kappa shape index (κ2) is 9.68. The smallest absolute Gasteiger partial charge is 0.159 e. The molecule has 3 aromatic carbocycles. The van der Waals surface area contributed by atoms with Crippen molar-refractivity contribution < 1.29 is 9.90 Å². The van der Waals surface area contributed by atoms with E-state index in [1.807, 2.05) is 30.3 Å². The van der Waals surface area contributed by atoms with Crippen LogP contribution in [0.2, 0.25) is 0 Å². The van der Waals surface area contributed by atoms with E-state index in [0.717, 1.165) is 30.8 Å². The fraction of sp³-hybridized carbons (Fsp3) is 0.321. The summed E-state index contributed by atoms with van der Waals surface area (Å²) in [5.41, 5.74) is 4.38. The molecular weight excluding hydrogens is 396 g/mol. The minimum Gasteiger partial charge on any atom is -0.508 e. The molecule has 1 heterocycles. The van der Waals surface area contributed by atoms with Gasteiger partial charge in [0.1, 0.15) is 5.75 Å². The Hall–Kier alpha value is -2.95. The van der Waals surface area contributed by atoms with Crippen LogP contribution in [0, 0.1) is 0 Å².